The lowest BCUT2D eigenvalue weighted by Gasteiger charge is -2.36. The van der Waals surface area contributed by atoms with Crippen LogP contribution in [0.2, 0.25) is 0 Å². The lowest BCUT2D eigenvalue weighted by atomic mass is 10.2. The average molecular weight is 388 g/mol. The van der Waals surface area contributed by atoms with E-state index < -0.39 is 10.0 Å². The molecule has 0 aliphatic carbocycles. The summed E-state index contributed by atoms with van der Waals surface area (Å²) in [6.07, 6.45) is 3.52. The van der Waals surface area contributed by atoms with E-state index in [1.54, 1.807) is 43.3 Å². The minimum atomic E-state index is -3.55. The van der Waals surface area contributed by atoms with Crippen LogP contribution in [0.4, 0.5) is 5.69 Å². The Morgan fingerprint density at radius 1 is 1.00 bits per heavy atom. The van der Waals surface area contributed by atoms with Crippen molar-refractivity contribution < 1.29 is 13.2 Å². The Hall–Kier alpha value is -2.45. The number of nitrogens with one attached hydrogen (secondary N) is 1. The van der Waals surface area contributed by atoms with Crippen molar-refractivity contribution in [1.82, 2.24) is 14.6 Å². The predicted molar refractivity (Wildman–Crippen MR) is 104 cm³/mol. The molecule has 3 rings (SSSR count). The number of carbonyl (C=O) groups excluding carboxylic acids is 1. The van der Waals surface area contributed by atoms with Crippen LogP contribution in [0.5, 0.6) is 0 Å². The maximum atomic E-state index is 12.7. The number of hydrogen-bond acceptors (Lipinski definition) is 5. The molecule has 1 fully saturated rings. The minimum Gasteiger partial charge on any atom is -0.368 e. The Morgan fingerprint density at radius 3 is 2.15 bits per heavy atom. The lowest BCUT2D eigenvalue weighted by molar-refractivity contribution is 0.0746. The van der Waals surface area contributed by atoms with E-state index in [0.29, 0.717) is 18.7 Å². The summed E-state index contributed by atoms with van der Waals surface area (Å²) in [6.45, 7) is 6.27. The Kier molecular flexibility index (Phi) is 5.76. The SMILES string of the molecule is CC(C)NS(=O)(=O)c1ccc(C(=O)N2CCN(c3ccncc3)CC2)cc1. The van der Waals surface area contributed by atoms with Gasteiger partial charge in [0.1, 0.15) is 0 Å². The van der Waals surface area contributed by atoms with Crippen molar-refractivity contribution in [3.8, 4) is 0 Å². The van der Waals surface area contributed by atoms with Crippen molar-refractivity contribution >= 4 is 21.6 Å². The molecule has 0 atom stereocenters. The maximum Gasteiger partial charge on any atom is 0.253 e. The molecule has 0 bridgehead atoms. The summed E-state index contributed by atoms with van der Waals surface area (Å²) in [5, 5.41) is 0. The third-order valence-electron chi connectivity index (χ3n) is 4.40. The van der Waals surface area contributed by atoms with Crippen molar-refractivity contribution in [3.05, 3.63) is 54.4 Å². The molecule has 1 amide bonds. The zero-order valence-corrected chi connectivity index (χ0v) is 16.3. The number of carbonyl (C=O) groups is 1. The Balaban J connectivity index is 1.63. The topological polar surface area (TPSA) is 82.6 Å². The Bertz CT molecular complexity index is 875. The van der Waals surface area contributed by atoms with Gasteiger partial charge < -0.3 is 9.80 Å². The number of piperazine rings is 1. The molecule has 1 aliphatic rings. The second-order valence-electron chi connectivity index (χ2n) is 6.79. The van der Waals surface area contributed by atoms with Crippen molar-refractivity contribution in [2.75, 3.05) is 31.1 Å². The highest BCUT2D eigenvalue weighted by Gasteiger charge is 2.23. The molecule has 27 heavy (non-hydrogen) atoms. The largest absolute Gasteiger partial charge is 0.368 e. The molecule has 8 heteroatoms. The van der Waals surface area contributed by atoms with Crippen LogP contribution in [0, 0.1) is 0 Å². The van der Waals surface area contributed by atoms with Gasteiger partial charge in [0.05, 0.1) is 4.90 Å². The number of benzene rings is 1. The number of anilines is 1. The highest BCUT2D eigenvalue weighted by Crippen LogP contribution is 2.17. The van der Waals surface area contributed by atoms with Crippen molar-refractivity contribution in [3.63, 3.8) is 0 Å². The summed E-state index contributed by atoms with van der Waals surface area (Å²) in [6, 6.07) is 9.84. The molecule has 7 nitrogen and oxygen atoms in total. The third-order valence-corrected chi connectivity index (χ3v) is 6.07. The summed E-state index contributed by atoms with van der Waals surface area (Å²) in [4.78, 5) is 20.9. The monoisotopic (exact) mass is 388 g/mol. The van der Waals surface area contributed by atoms with Crippen LogP contribution in [-0.4, -0.2) is 56.4 Å². The molecular weight excluding hydrogens is 364 g/mol. The van der Waals surface area contributed by atoms with Crippen LogP contribution < -0.4 is 9.62 Å². The molecule has 0 radical (unpaired) electrons. The number of rotatable bonds is 5. The summed E-state index contributed by atoms with van der Waals surface area (Å²) in [5.74, 6) is -0.0786. The molecule has 144 valence electrons. The van der Waals surface area contributed by atoms with Gasteiger partial charge in [0, 0.05) is 55.9 Å². The lowest BCUT2D eigenvalue weighted by Crippen LogP contribution is -2.48. The van der Waals surface area contributed by atoms with Gasteiger partial charge >= 0.3 is 0 Å². The Labute approximate surface area is 160 Å². The van der Waals surface area contributed by atoms with Crippen LogP contribution in [0.15, 0.2) is 53.7 Å². The summed E-state index contributed by atoms with van der Waals surface area (Å²) >= 11 is 0. The molecule has 0 spiro atoms. The van der Waals surface area contributed by atoms with Gasteiger partial charge in [-0.2, -0.15) is 0 Å². The van der Waals surface area contributed by atoms with E-state index in [1.807, 2.05) is 12.1 Å². The first-order valence-electron chi connectivity index (χ1n) is 8.93. The van der Waals surface area contributed by atoms with Crippen molar-refractivity contribution in [2.45, 2.75) is 24.8 Å². The second kappa shape index (κ2) is 8.06. The highest BCUT2D eigenvalue weighted by molar-refractivity contribution is 7.89. The first kappa shape index (κ1) is 19.3. The standard InChI is InChI=1S/C19H24N4O3S/c1-15(2)21-27(25,26)18-5-3-16(4-6-18)19(24)23-13-11-22(12-14-23)17-7-9-20-10-8-17/h3-10,15,21H,11-14H2,1-2H3. The molecule has 2 aromatic rings. The van der Waals surface area contributed by atoms with Gasteiger partial charge in [-0.1, -0.05) is 0 Å². The van der Waals surface area contributed by atoms with Gasteiger partial charge in [0.2, 0.25) is 10.0 Å². The van der Waals surface area contributed by atoms with Gasteiger partial charge in [-0.05, 0) is 50.2 Å². The van der Waals surface area contributed by atoms with Gasteiger partial charge in [-0.15, -0.1) is 0 Å². The van der Waals surface area contributed by atoms with Crippen LogP contribution in [0.3, 0.4) is 0 Å². The van der Waals surface area contributed by atoms with Gasteiger partial charge in [0.15, 0.2) is 0 Å². The van der Waals surface area contributed by atoms with E-state index >= 15 is 0 Å². The van der Waals surface area contributed by atoms with Crippen molar-refractivity contribution in [2.24, 2.45) is 0 Å². The molecule has 0 unspecified atom stereocenters. The molecule has 1 aliphatic heterocycles. The number of aromatic nitrogens is 1. The van der Waals surface area contributed by atoms with E-state index in [4.69, 9.17) is 0 Å². The summed E-state index contributed by atoms with van der Waals surface area (Å²) < 4.78 is 26.9. The van der Waals surface area contributed by atoms with Crippen LogP contribution >= 0.6 is 0 Å². The van der Waals surface area contributed by atoms with E-state index in [0.717, 1.165) is 18.8 Å². The number of nitrogens with zero attached hydrogens (tertiary/aromatic N) is 3. The zero-order chi connectivity index (χ0) is 19.4. The molecule has 0 saturated carbocycles. The predicted octanol–water partition coefficient (Wildman–Crippen LogP) is 1.73. The number of amides is 1. The third kappa shape index (κ3) is 4.64. The number of hydrogen-bond donors (Lipinski definition) is 1. The normalized spacial score (nSPS) is 15.2. The fraction of sp³-hybridized carbons (Fsp3) is 0.368. The zero-order valence-electron chi connectivity index (χ0n) is 15.5. The van der Waals surface area contributed by atoms with Crippen molar-refractivity contribution in [1.29, 1.82) is 0 Å². The van der Waals surface area contributed by atoms with E-state index in [-0.39, 0.29) is 16.8 Å². The Morgan fingerprint density at radius 2 is 1.59 bits per heavy atom. The van der Waals surface area contributed by atoms with Crippen LogP contribution in [0.25, 0.3) is 0 Å². The van der Waals surface area contributed by atoms with E-state index in [1.165, 1.54) is 12.1 Å². The minimum absolute atomic E-state index is 0.0786. The van der Waals surface area contributed by atoms with E-state index in [2.05, 4.69) is 14.6 Å². The maximum absolute atomic E-state index is 12.7. The molecule has 1 saturated heterocycles. The van der Waals surface area contributed by atoms with Gasteiger partial charge in [-0.3, -0.25) is 9.78 Å². The highest BCUT2D eigenvalue weighted by atomic mass is 32.2. The van der Waals surface area contributed by atoms with Gasteiger partial charge in [0.25, 0.3) is 5.91 Å². The fourth-order valence-electron chi connectivity index (χ4n) is 3.06. The smallest absolute Gasteiger partial charge is 0.253 e. The van der Waals surface area contributed by atoms with Crippen LogP contribution in [0.1, 0.15) is 24.2 Å². The quantitative estimate of drug-likeness (QED) is 0.844. The molecule has 1 aromatic heterocycles. The van der Waals surface area contributed by atoms with E-state index in [9.17, 15) is 13.2 Å². The average Bonchev–Trinajstić information content (AvgIpc) is 2.67. The molecular formula is C19H24N4O3S. The first-order chi connectivity index (χ1) is 12.9. The molecule has 2 heterocycles. The van der Waals surface area contributed by atoms with Crippen LogP contribution in [-0.2, 0) is 10.0 Å². The first-order valence-corrected chi connectivity index (χ1v) is 10.4. The summed E-state index contributed by atoms with van der Waals surface area (Å²) in [7, 11) is -3.55. The van der Waals surface area contributed by atoms with Gasteiger partial charge in [-0.25, -0.2) is 13.1 Å². The molecule has 1 N–H and O–H groups in total. The number of sulfonamides is 1. The fourth-order valence-corrected chi connectivity index (χ4v) is 4.31. The molecule has 1 aromatic carbocycles. The number of pyridine rings is 1. The summed E-state index contributed by atoms with van der Waals surface area (Å²) in [5.41, 5.74) is 1.60. The second-order valence-corrected chi connectivity index (χ2v) is 8.50.